The molecule has 2 aromatic rings. The zero-order valence-electron chi connectivity index (χ0n) is 11.6. The first kappa shape index (κ1) is 13.3. The molecule has 0 aliphatic heterocycles. The summed E-state index contributed by atoms with van der Waals surface area (Å²) < 4.78 is 2.07. The van der Waals surface area contributed by atoms with Crippen LogP contribution in [0.15, 0.2) is 30.7 Å². The number of rotatable bonds is 4. The quantitative estimate of drug-likeness (QED) is 0.914. The van der Waals surface area contributed by atoms with Crippen molar-refractivity contribution in [2.75, 3.05) is 0 Å². The fourth-order valence-electron chi connectivity index (χ4n) is 2.29. The van der Waals surface area contributed by atoms with Crippen LogP contribution in [0.5, 0.6) is 0 Å². The lowest BCUT2D eigenvalue weighted by molar-refractivity contribution is 0.0998. The maximum absolute atomic E-state index is 11.6. The van der Waals surface area contributed by atoms with Crippen LogP contribution in [0.1, 0.15) is 46.9 Å². The number of carbonyl (C=O) groups excluding carboxylic acids is 1. The Hall–Kier alpha value is -2.10. The molecule has 2 heterocycles. The van der Waals surface area contributed by atoms with Crippen molar-refractivity contribution in [2.24, 2.45) is 5.73 Å². The topological polar surface area (TPSA) is 60.9 Å². The van der Waals surface area contributed by atoms with Crippen molar-refractivity contribution in [1.29, 1.82) is 0 Å². The van der Waals surface area contributed by atoms with Crippen LogP contribution in [0, 0.1) is 6.92 Å². The number of amides is 1. The van der Waals surface area contributed by atoms with Gasteiger partial charge in [0.25, 0.3) is 5.91 Å². The average Bonchev–Trinajstić information content (AvgIpc) is 2.68. The zero-order chi connectivity index (χ0) is 14.0. The summed E-state index contributed by atoms with van der Waals surface area (Å²) in [6, 6.07) is 3.94. The van der Waals surface area contributed by atoms with Crippen LogP contribution in [-0.2, 0) is 6.54 Å². The van der Waals surface area contributed by atoms with Crippen molar-refractivity contribution in [3.63, 3.8) is 0 Å². The minimum Gasteiger partial charge on any atom is -0.366 e. The molecular formula is C15H19N3O. The van der Waals surface area contributed by atoms with Crippen LogP contribution in [0.3, 0.4) is 0 Å². The summed E-state index contributed by atoms with van der Waals surface area (Å²) in [5.74, 6) is -0.0745. The first-order chi connectivity index (χ1) is 9.00. The van der Waals surface area contributed by atoms with Gasteiger partial charge < -0.3 is 10.3 Å². The van der Waals surface area contributed by atoms with Gasteiger partial charge in [0.05, 0.1) is 5.56 Å². The second kappa shape index (κ2) is 5.26. The third-order valence-corrected chi connectivity index (χ3v) is 3.35. The molecule has 0 saturated heterocycles. The van der Waals surface area contributed by atoms with Gasteiger partial charge in [0.1, 0.15) is 0 Å². The van der Waals surface area contributed by atoms with E-state index < -0.39 is 0 Å². The zero-order valence-corrected chi connectivity index (χ0v) is 11.6. The van der Waals surface area contributed by atoms with E-state index in [1.54, 1.807) is 12.4 Å². The molecule has 2 aromatic heterocycles. The summed E-state index contributed by atoms with van der Waals surface area (Å²) in [6.07, 6.45) is 5.57. The highest BCUT2D eigenvalue weighted by Gasteiger charge is 2.19. The molecule has 19 heavy (non-hydrogen) atoms. The molecule has 0 saturated carbocycles. The Kier molecular flexibility index (Phi) is 3.69. The van der Waals surface area contributed by atoms with Gasteiger partial charge in [-0.15, -0.1) is 0 Å². The molecule has 0 fully saturated rings. The number of carbonyl (C=O) groups is 1. The highest BCUT2D eigenvalue weighted by Crippen LogP contribution is 2.24. The van der Waals surface area contributed by atoms with Crippen LogP contribution in [-0.4, -0.2) is 15.5 Å². The number of hydrogen-bond acceptors (Lipinski definition) is 2. The highest BCUT2D eigenvalue weighted by atomic mass is 16.1. The molecule has 2 N–H and O–H groups in total. The Labute approximate surface area is 113 Å². The molecule has 1 amide bonds. The Morgan fingerprint density at radius 2 is 2.00 bits per heavy atom. The number of hydrogen-bond donors (Lipinski definition) is 1. The summed E-state index contributed by atoms with van der Waals surface area (Å²) in [5, 5.41) is 0. The predicted molar refractivity (Wildman–Crippen MR) is 75.1 cm³/mol. The van der Waals surface area contributed by atoms with Crippen molar-refractivity contribution >= 4 is 5.91 Å². The van der Waals surface area contributed by atoms with Crippen LogP contribution in [0.25, 0.3) is 0 Å². The van der Waals surface area contributed by atoms with Crippen LogP contribution >= 0.6 is 0 Å². The maximum Gasteiger partial charge on any atom is 0.250 e. The molecule has 0 aliphatic rings. The molecule has 0 unspecified atom stereocenters. The van der Waals surface area contributed by atoms with Crippen LogP contribution in [0.2, 0.25) is 0 Å². The van der Waals surface area contributed by atoms with Gasteiger partial charge in [0, 0.05) is 30.8 Å². The molecule has 0 bridgehead atoms. The molecule has 0 aliphatic carbocycles. The van der Waals surface area contributed by atoms with Crippen molar-refractivity contribution in [3.05, 3.63) is 53.1 Å². The van der Waals surface area contributed by atoms with E-state index in [9.17, 15) is 4.79 Å². The molecule has 100 valence electrons. The van der Waals surface area contributed by atoms with Crippen LogP contribution < -0.4 is 5.73 Å². The maximum atomic E-state index is 11.6. The molecular weight excluding hydrogens is 238 g/mol. The third kappa shape index (κ3) is 2.67. The lowest BCUT2D eigenvalue weighted by Crippen LogP contribution is -2.14. The van der Waals surface area contributed by atoms with Gasteiger partial charge >= 0.3 is 0 Å². The lowest BCUT2D eigenvalue weighted by atomic mass is 10.0. The summed E-state index contributed by atoms with van der Waals surface area (Å²) in [7, 11) is 0. The number of nitrogens with two attached hydrogens (primary N) is 1. The predicted octanol–water partition coefficient (Wildman–Crippen LogP) is 2.46. The van der Waals surface area contributed by atoms with Crippen molar-refractivity contribution < 1.29 is 4.79 Å². The monoisotopic (exact) mass is 257 g/mol. The Balaban J connectivity index is 2.42. The summed E-state index contributed by atoms with van der Waals surface area (Å²) in [6.45, 7) is 6.80. The van der Waals surface area contributed by atoms with E-state index in [1.807, 2.05) is 25.3 Å². The fraction of sp³-hybridized carbons (Fsp3) is 0.333. The van der Waals surface area contributed by atoms with E-state index >= 15 is 0 Å². The summed E-state index contributed by atoms with van der Waals surface area (Å²) in [5.41, 5.74) is 9.24. The van der Waals surface area contributed by atoms with Crippen LogP contribution in [0.4, 0.5) is 0 Å². The van der Waals surface area contributed by atoms with E-state index in [0.29, 0.717) is 5.56 Å². The number of primary amides is 1. The van der Waals surface area contributed by atoms with Gasteiger partial charge in [0.2, 0.25) is 0 Å². The van der Waals surface area contributed by atoms with Gasteiger partial charge in [-0.3, -0.25) is 9.78 Å². The normalized spacial score (nSPS) is 10.9. The minimum atomic E-state index is -0.352. The van der Waals surface area contributed by atoms with E-state index in [4.69, 9.17) is 5.73 Å². The molecule has 4 nitrogen and oxygen atoms in total. The third-order valence-electron chi connectivity index (χ3n) is 3.35. The van der Waals surface area contributed by atoms with E-state index in [1.165, 1.54) is 0 Å². The van der Waals surface area contributed by atoms with Gasteiger partial charge in [0.15, 0.2) is 0 Å². The summed E-state index contributed by atoms with van der Waals surface area (Å²) in [4.78, 5) is 15.6. The average molecular weight is 257 g/mol. The van der Waals surface area contributed by atoms with E-state index in [2.05, 4.69) is 23.4 Å². The van der Waals surface area contributed by atoms with Crippen molar-refractivity contribution in [3.8, 4) is 0 Å². The molecule has 0 atom stereocenters. The first-order valence-electron chi connectivity index (χ1n) is 6.39. The Morgan fingerprint density at radius 1 is 1.37 bits per heavy atom. The highest BCUT2D eigenvalue weighted by molar-refractivity contribution is 5.95. The molecule has 0 radical (unpaired) electrons. The Bertz CT molecular complexity index is 585. The molecule has 0 aromatic carbocycles. The smallest absolute Gasteiger partial charge is 0.250 e. The molecule has 4 heteroatoms. The SMILES string of the molecule is Cc1c(C(N)=O)c(C(C)C)cn1Cc1ccncc1. The second-order valence-corrected chi connectivity index (χ2v) is 5.05. The summed E-state index contributed by atoms with van der Waals surface area (Å²) >= 11 is 0. The van der Waals surface area contributed by atoms with Crippen molar-refractivity contribution in [1.82, 2.24) is 9.55 Å². The fourth-order valence-corrected chi connectivity index (χ4v) is 2.29. The lowest BCUT2D eigenvalue weighted by Gasteiger charge is -2.06. The first-order valence-corrected chi connectivity index (χ1v) is 6.39. The molecule has 2 rings (SSSR count). The second-order valence-electron chi connectivity index (χ2n) is 5.05. The molecule has 0 spiro atoms. The van der Waals surface area contributed by atoms with E-state index in [0.717, 1.165) is 23.4 Å². The Morgan fingerprint density at radius 3 is 2.47 bits per heavy atom. The number of nitrogens with zero attached hydrogens (tertiary/aromatic N) is 2. The minimum absolute atomic E-state index is 0.278. The largest absolute Gasteiger partial charge is 0.366 e. The van der Waals surface area contributed by atoms with Gasteiger partial charge in [-0.05, 0) is 36.1 Å². The van der Waals surface area contributed by atoms with Gasteiger partial charge in [-0.1, -0.05) is 13.8 Å². The number of pyridine rings is 1. The van der Waals surface area contributed by atoms with E-state index in [-0.39, 0.29) is 11.8 Å². The van der Waals surface area contributed by atoms with Gasteiger partial charge in [-0.2, -0.15) is 0 Å². The standard InChI is InChI=1S/C15H19N3O/c1-10(2)13-9-18(11(3)14(13)15(16)19)8-12-4-6-17-7-5-12/h4-7,9-10H,8H2,1-3H3,(H2,16,19). The van der Waals surface area contributed by atoms with Crippen molar-refractivity contribution in [2.45, 2.75) is 33.2 Å². The number of aromatic nitrogens is 2. The van der Waals surface area contributed by atoms with Gasteiger partial charge in [-0.25, -0.2) is 0 Å².